The van der Waals surface area contributed by atoms with Gasteiger partial charge in [0.15, 0.2) is 11.6 Å². The number of methoxy groups -OCH3 is 1. The number of fused-ring (bicyclic) bond motifs is 8. The maximum atomic E-state index is 14.6. The Morgan fingerprint density at radius 1 is 0.949 bits per heavy atom. The normalized spacial score (nSPS) is 24.3. The molecule has 6 heteroatoms. The smallest absolute Gasteiger partial charge is 0.238 e. The highest BCUT2D eigenvalue weighted by molar-refractivity contribution is 6.17. The first-order valence-electron chi connectivity index (χ1n) is 13.0. The summed E-state index contributed by atoms with van der Waals surface area (Å²) in [6.07, 6.45) is 4.05. The number of nitrogens with one attached hydrogen (secondary N) is 1. The molecule has 1 spiro atoms. The van der Waals surface area contributed by atoms with Gasteiger partial charge in [0, 0.05) is 22.5 Å². The highest BCUT2D eigenvalue weighted by atomic mass is 16.5. The fraction of sp³-hybridized carbons (Fsp3) is 0.182. The number of carbonyl (C=O) groups excluding carboxylic acids is 3. The van der Waals surface area contributed by atoms with Crippen LogP contribution < -0.4 is 15.0 Å². The summed E-state index contributed by atoms with van der Waals surface area (Å²) in [5, 5.41) is 5.19. The molecule has 0 bridgehead atoms. The Hall–Kier alpha value is -4.71. The van der Waals surface area contributed by atoms with Crippen molar-refractivity contribution in [1.29, 1.82) is 0 Å². The summed E-state index contributed by atoms with van der Waals surface area (Å²) in [6.45, 7) is 1.52. The van der Waals surface area contributed by atoms with Crippen LogP contribution in [-0.4, -0.2) is 36.7 Å². The maximum Gasteiger partial charge on any atom is 0.238 e. The summed E-state index contributed by atoms with van der Waals surface area (Å²) >= 11 is 0. The van der Waals surface area contributed by atoms with Crippen molar-refractivity contribution in [3.63, 3.8) is 0 Å². The lowest BCUT2D eigenvalue weighted by Crippen LogP contribution is -2.51. The van der Waals surface area contributed by atoms with Gasteiger partial charge in [-0.2, -0.15) is 0 Å². The van der Waals surface area contributed by atoms with E-state index in [9.17, 15) is 14.4 Å². The SMILES string of the molecule is COc1cccc(C(=O)[C@@H]2[C@H](C(C)=O)N3c4ccc5ccccc5c4C=C[C@H]3[C@@]23C(=O)Nc2ccccc23)c1. The average Bonchev–Trinajstić information content (AvgIpc) is 3.45. The van der Waals surface area contributed by atoms with E-state index in [2.05, 4.69) is 17.4 Å². The van der Waals surface area contributed by atoms with Crippen molar-refractivity contribution in [2.24, 2.45) is 5.92 Å². The number of para-hydroxylation sites is 1. The Labute approximate surface area is 225 Å². The van der Waals surface area contributed by atoms with Crippen molar-refractivity contribution >= 4 is 45.7 Å². The van der Waals surface area contributed by atoms with Crippen LogP contribution in [0.15, 0.2) is 91.0 Å². The summed E-state index contributed by atoms with van der Waals surface area (Å²) in [4.78, 5) is 44.4. The third kappa shape index (κ3) is 3.05. The van der Waals surface area contributed by atoms with Crippen molar-refractivity contribution in [2.75, 3.05) is 17.3 Å². The predicted molar refractivity (Wildman–Crippen MR) is 151 cm³/mol. The Bertz CT molecular complexity index is 1740. The van der Waals surface area contributed by atoms with Crippen LogP contribution in [0.5, 0.6) is 5.75 Å². The number of carbonyl (C=O) groups is 3. The molecule has 1 saturated heterocycles. The molecule has 3 aliphatic heterocycles. The van der Waals surface area contributed by atoms with Gasteiger partial charge in [-0.3, -0.25) is 14.4 Å². The highest BCUT2D eigenvalue weighted by Crippen LogP contribution is 2.58. The molecule has 0 saturated carbocycles. The van der Waals surface area contributed by atoms with Gasteiger partial charge in [-0.1, -0.05) is 72.8 Å². The monoisotopic (exact) mass is 514 g/mol. The third-order valence-corrected chi connectivity index (χ3v) is 8.59. The van der Waals surface area contributed by atoms with E-state index < -0.39 is 23.4 Å². The van der Waals surface area contributed by atoms with Crippen LogP contribution in [0.4, 0.5) is 11.4 Å². The first-order chi connectivity index (χ1) is 19.0. The number of ether oxygens (including phenoxy) is 1. The zero-order valence-corrected chi connectivity index (χ0v) is 21.5. The van der Waals surface area contributed by atoms with Crippen molar-refractivity contribution in [1.82, 2.24) is 0 Å². The number of rotatable bonds is 4. The number of ketones is 2. The van der Waals surface area contributed by atoms with Crippen LogP contribution >= 0.6 is 0 Å². The van der Waals surface area contributed by atoms with Gasteiger partial charge in [0.25, 0.3) is 0 Å². The standard InChI is InChI=1S/C33H26N2O4/c1-19(36)30-29(31(37)21-9-7-10-22(18-21)39-2)33(25-12-5-6-13-26(25)34-32(33)38)28-17-15-24-23-11-4-3-8-20(23)14-16-27(24)35(28)30/h3-18,28-30H,1-2H3,(H,34,38)/t28-,29-,30-,33+/m0/s1. The first-order valence-corrected chi connectivity index (χ1v) is 13.0. The molecular formula is C33H26N2O4. The van der Waals surface area contributed by atoms with Gasteiger partial charge < -0.3 is 15.0 Å². The van der Waals surface area contributed by atoms with Crippen LogP contribution in [-0.2, 0) is 15.0 Å². The molecular weight excluding hydrogens is 488 g/mol. The van der Waals surface area contributed by atoms with E-state index in [4.69, 9.17) is 4.74 Å². The number of Topliss-reactive ketones (excluding diaryl/α,β-unsaturated/α-hetero) is 2. The van der Waals surface area contributed by atoms with E-state index in [1.54, 1.807) is 31.4 Å². The molecule has 4 atom stereocenters. The quantitative estimate of drug-likeness (QED) is 0.369. The van der Waals surface area contributed by atoms with Crippen LogP contribution in [0.1, 0.15) is 28.4 Å². The van der Waals surface area contributed by atoms with Crippen molar-refractivity contribution in [2.45, 2.75) is 24.4 Å². The van der Waals surface area contributed by atoms with Crippen molar-refractivity contribution in [3.8, 4) is 5.75 Å². The fourth-order valence-electron chi connectivity index (χ4n) is 7.04. The second-order valence-corrected chi connectivity index (χ2v) is 10.4. The Balaban J connectivity index is 1.53. The molecule has 0 aromatic heterocycles. The van der Waals surface area contributed by atoms with E-state index >= 15 is 0 Å². The maximum absolute atomic E-state index is 14.6. The zero-order chi connectivity index (χ0) is 26.9. The predicted octanol–water partition coefficient (Wildman–Crippen LogP) is 5.41. The van der Waals surface area contributed by atoms with E-state index in [0.717, 1.165) is 27.6 Å². The van der Waals surface area contributed by atoms with E-state index in [0.29, 0.717) is 17.0 Å². The number of benzene rings is 4. The lowest BCUT2D eigenvalue weighted by molar-refractivity contribution is -0.122. The van der Waals surface area contributed by atoms with Crippen LogP contribution in [0.25, 0.3) is 16.8 Å². The van der Waals surface area contributed by atoms with Crippen molar-refractivity contribution in [3.05, 3.63) is 108 Å². The summed E-state index contributed by atoms with van der Waals surface area (Å²) in [5.74, 6) is -1.11. The molecule has 3 aliphatic rings. The van der Waals surface area contributed by atoms with E-state index in [-0.39, 0.29) is 17.5 Å². The van der Waals surface area contributed by atoms with Gasteiger partial charge in [0.1, 0.15) is 11.2 Å². The Kier molecular flexibility index (Phi) is 5.04. The Morgan fingerprint density at radius 2 is 1.74 bits per heavy atom. The van der Waals surface area contributed by atoms with Gasteiger partial charge in [-0.15, -0.1) is 0 Å². The molecule has 1 fully saturated rings. The summed E-state index contributed by atoms with van der Waals surface area (Å²) in [6, 6.07) is 25.2. The number of hydrogen-bond donors (Lipinski definition) is 1. The number of amides is 1. The minimum Gasteiger partial charge on any atom is -0.497 e. The average molecular weight is 515 g/mol. The molecule has 0 aliphatic carbocycles. The van der Waals surface area contributed by atoms with Crippen LogP contribution in [0, 0.1) is 5.92 Å². The number of anilines is 2. The second-order valence-electron chi connectivity index (χ2n) is 10.4. The molecule has 7 rings (SSSR count). The lowest BCUT2D eigenvalue weighted by atomic mass is 9.64. The molecule has 3 heterocycles. The topological polar surface area (TPSA) is 75.7 Å². The number of nitrogens with zero attached hydrogens (tertiary/aromatic N) is 1. The largest absolute Gasteiger partial charge is 0.497 e. The fourth-order valence-corrected chi connectivity index (χ4v) is 7.04. The molecule has 39 heavy (non-hydrogen) atoms. The van der Waals surface area contributed by atoms with Gasteiger partial charge in [-0.25, -0.2) is 0 Å². The minimum absolute atomic E-state index is 0.162. The van der Waals surface area contributed by atoms with E-state index in [1.807, 2.05) is 65.6 Å². The molecule has 192 valence electrons. The van der Waals surface area contributed by atoms with Gasteiger partial charge in [0.05, 0.1) is 25.1 Å². The molecule has 1 N–H and O–H groups in total. The first kappa shape index (κ1) is 23.4. The van der Waals surface area contributed by atoms with E-state index in [1.165, 1.54) is 6.92 Å². The van der Waals surface area contributed by atoms with Gasteiger partial charge in [-0.05, 0) is 47.5 Å². The Morgan fingerprint density at radius 3 is 2.56 bits per heavy atom. The molecule has 0 unspecified atom stereocenters. The highest BCUT2D eigenvalue weighted by Gasteiger charge is 2.69. The summed E-state index contributed by atoms with van der Waals surface area (Å²) < 4.78 is 5.40. The number of hydrogen-bond acceptors (Lipinski definition) is 5. The molecule has 4 aromatic rings. The molecule has 6 nitrogen and oxygen atoms in total. The summed E-state index contributed by atoms with van der Waals surface area (Å²) in [5.41, 5.74) is 2.35. The minimum atomic E-state index is -1.30. The third-order valence-electron chi connectivity index (χ3n) is 8.59. The van der Waals surface area contributed by atoms with Gasteiger partial charge >= 0.3 is 0 Å². The summed E-state index contributed by atoms with van der Waals surface area (Å²) in [7, 11) is 1.55. The molecule has 4 aromatic carbocycles. The molecule has 0 radical (unpaired) electrons. The lowest BCUT2D eigenvalue weighted by Gasteiger charge is -2.38. The second kappa shape index (κ2) is 8.40. The molecule has 1 amide bonds. The zero-order valence-electron chi connectivity index (χ0n) is 21.5. The van der Waals surface area contributed by atoms with Crippen molar-refractivity contribution < 1.29 is 19.1 Å². The van der Waals surface area contributed by atoms with Gasteiger partial charge in [0.2, 0.25) is 5.91 Å². The van der Waals surface area contributed by atoms with Crippen LogP contribution in [0.3, 0.4) is 0 Å². The van der Waals surface area contributed by atoms with Crippen LogP contribution in [0.2, 0.25) is 0 Å².